The summed E-state index contributed by atoms with van der Waals surface area (Å²) in [6.45, 7) is 7.01. The summed E-state index contributed by atoms with van der Waals surface area (Å²) < 4.78 is 1.75. The Labute approximate surface area is 197 Å². The predicted octanol–water partition coefficient (Wildman–Crippen LogP) is 4.97. The maximum absolute atomic E-state index is 13.6. The minimum Gasteiger partial charge on any atom is -0.351 e. The molecule has 178 valence electrons. The summed E-state index contributed by atoms with van der Waals surface area (Å²) in [5.41, 5.74) is 2.66. The molecule has 1 atom stereocenters. The molecule has 4 rings (SSSR count). The van der Waals surface area contributed by atoms with Crippen LogP contribution in [0.25, 0.3) is 11.3 Å². The number of amides is 2. The van der Waals surface area contributed by atoms with Crippen molar-refractivity contribution >= 4 is 11.8 Å². The number of fused-ring (bicyclic) bond motifs is 1. The van der Waals surface area contributed by atoms with E-state index >= 15 is 0 Å². The zero-order chi connectivity index (χ0) is 23.4. The zero-order valence-electron chi connectivity index (χ0n) is 20.4. The van der Waals surface area contributed by atoms with Gasteiger partial charge >= 0.3 is 0 Å². The molecule has 2 heterocycles. The summed E-state index contributed by atoms with van der Waals surface area (Å²) in [7, 11) is 0. The van der Waals surface area contributed by atoms with E-state index in [-0.39, 0.29) is 17.9 Å². The second-order valence-electron chi connectivity index (χ2n) is 9.87. The molecule has 2 amide bonds. The van der Waals surface area contributed by atoms with Gasteiger partial charge in [0, 0.05) is 18.2 Å². The molecule has 1 aliphatic heterocycles. The highest BCUT2D eigenvalue weighted by Crippen LogP contribution is 2.31. The Kier molecular flexibility index (Phi) is 7.20. The van der Waals surface area contributed by atoms with Crippen molar-refractivity contribution in [2.45, 2.75) is 96.7 Å². The number of aryl methyl sites for hydroxylation is 1. The number of benzene rings is 1. The van der Waals surface area contributed by atoms with Crippen molar-refractivity contribution in [2.24, 2.45) is 0 Å². The molecule has 6 nitrogen and oxygen atoms in total. The van der Waals surface area contributed by atoms with Crippen molar-refractivity contribution in [3.05, 3.63) is 41.6 Å². The molecule has 0 bridgehead atoms. The van der Waals surface area contributed by atoms with Gasteiger partial charge in [-0.25, -0.2) is 0 Å². The Morgan fingerprint density at radius 1 is 1.09 bits per heavy atom. The second kappa shape index (κ2) is 10.1. The van der Waals surface area contributed by atoms with E-state index in [4.69, 9.17) is 5.10 Å². The van der Waals surface area contributed by atoms with Gasteiger partial charge in [0.05, 0.1) is 12.2 Å². The van der Waals surface area contributed by atoms with Crippen LogP contribution in [0.2, 0.25) is 0 Å². The van der Waals surface area contributed by atoms with Gasteiger partial charge < -0.3 is 10.2 Å². The average molecular weight is 451 g/mol. The molecule has 1 fully saturated rings. The van der Waals surface area contributed by atoms with Crippen LogP contribution in [0.1, 0.15) is 88.2 Å². The van der Waals surface area contributed by atoms with E-state index in [0.29, 0.717) is 18.8 Å². The van der Waals surface area contributed by atoms with Gasteiger partial charge in [-0.1, -0.05) is 70.2 Å². The van der Waals surface area contributed by atoms with E-state index in [1.54, 1.807) is 9.58 Å². The first-order valence-corrected chi connectivity index (χ1v) is 12.8. The molecular weight excluding hydrogens is 412 g/mol. The lowest BCUT2D eigenvalue weighted by molar-refractivity contribution is -0.134. The van der Waals surface area contributed by atoms with Crippen molar-refractivity contribution in [1.29, 1.82) is 0 Å². The van der Waals surface area contributed by atoms with E-state index < -0.39 is 5.54 Å². The first kappa shape index (κ1) is 23.5. The summed E-state index contributed by atoms with van der Waals surface area (Å²) in [5.74, 6) is -0.160. The third-order valence-corrected chi connectivity index (χ3v) is 7.33. The molecule has 0 spiro atoms. The lowest BCUT2D eigenvalue weighted by Crippen LogP contribution is -2.65. The van der Waals surface area contributed by atoms with E-state index in [2.05, 4.69) is 36.5 Å². The van der Waals surface area contributed by atoms with Gasteiger partial charge in [0.1, 0.15) is 11.2 Å². The largest absolute Gasteiger partial charge is 0.351 e. The number of carbonyl (C=O) groups excluding carboxylic acids is 2. The van der Waals surface area contributed by atoms with Crippen LogP contribution in [-0.4, -0.2) is 44.6 Å². The Morgan fingerprint density at radius 3 is 2.39 bits per heavy atom. The smallest absolute Gasteiger partial charge is 0.273 e. The molecule has 1 aromatic carbocycles. The number of aromatic nitrogens is 2. The van der Waals surface area contributed by atoms with Gasteiger partial charge in [-0.2, -0.15) is 5.10 Å². The topological polar surface area (TPSA) is 67.2 Å². The Hall–Kier alpha value is -2.63. The van der Waals surface area contributed by atoms with Gasteiger partial charge in [0.2, 0.25) is 5.91 Å². The number of nitrogens with zero attached hydrogens (tertiary/aromatic N) is 3. The molecule has 6 heteroatoms. The minimum absolute atomic E-state index is 0.0510. The van der Waals surface area contributed by atoms with Crippen molar-refractivity contribution in [3.8, 4) is 11.3 Å². The normalized spacial score (nSPS) is 21.9. The molecule has 1 unspecified atom stereocenters. The first-order valence-electron chi connectivity index (χ1n) is 12.8. The highest BCUT2D eigenvalue weighted by Gasteiger charge is 2.48. The number of hydrogen-bond donors (Lipinski definition) is 1. The molecule has 1 N–H and O–H groups in total. The molecule has 2 aliphatic rings. The highest BCUT2D eigenvalue weighted by molar-refractivity contribution is 6.00. The number of hydrogen-bond acceptors (Lipinski definition) is 3. The first-order chi connectivity index (χ1) is 16.0. The summed E-state index contributed by atoms with van der Waals surface area (Å²) in [6.07, 6.45) is 9.92. The van der Waals surface area contributed by atoms with Gasteiger partial charge in [-0.05, 0) is 44.2 Å². The van der Waals surface area contributed by atoms with Crippen LogP contribution >= 0.6 is 0 Å². The quantitative estimate of drug-likeness (QED) is 0.676. The third-order valence-electron chi connectivity index (χ3n) is 7.33. The van der Waals surface area contributed by atoms with Crippen LogP contribution in [-0.2, 0) is 17.8 Å². The molecule has 33 heavy (non-hydrogen) atoms. The standard InChI is InChI=1S/C27H38N4O2/c1-4-17-30-25(32)24-18-23(21-15-13-20(5-2)14-16-21)29-31(24)19-27(30,3)26(33)28-22-11-9-7-6-8-10-12-22/h13-16,18,22H,4-12,17,19H2,1-3H3,(H,28,33). The Morgan fingerprint density at radius 2 is 1.76 bits per heavy atom. The van der Waals surface area contributed by atoms with Crippen molar-refractivity contribution in [1.82, 2.24) is 20.0 Å². The van der Waals surface area contributed by atoms with Gasteiger partial charge in [0.25, 0.3) is 5.91 Å². The Bertz CT molecular complexity index is 973. The molecule has 2 aromatic rings. The monoisotopic (exact) mass is 450 g/mol. The van der Waals surface area contributed by atoms with Gasteiger partial charge in [-0.15, -0.1) is 0 Å². The van der Waals surface area contributed by atoms with Crippen LogP contribution in [0.4, 0.5) is 0 Å². The van der Waals surface area contributed by atoms with Crippen molar-refractivity contribution < 1.29 is 9.59 Å². The summed E-state index contributed by atoms with van der Waals surface area (Å²) in [4.78, 5) is 28.9. The highest BCUT2D eigenvalue weighted by atomic mass is 16.2. The van der Waals surface area contributed by atoms with Gasteiger partial charge in [0.15, 0.2) is 0 Å². The average Bonchev–Trinajstić information content (AvgIpc) is 3.22. The van der Waals surface area contributed by atoms with E-state index in [1.165, 1.54) is 24.8 Å². The molecule has 0 radical (unpaired) electrons. The summed E-state index contributed by atoms with van der Waals surface area (Å²) in [5, 5.41) is 8.08. The fourth-order valence-electron chi connectivity index (χ4n) is 5.21. The fourth-order valence-corrected chi connectivity index (χ4v) is 5.21. The predicted molar refractivity (Wildman–Crippen MR) is 131 cm³/mol. The maximum Gasteiger partial charge on any atom is 0.273 e. The van der Waals surface area contributed by atoms with Crippen LogP contribution in [0.5, 0.6) is 0 Å². The summed E-state index contributed by atoms with van der Waals surface area (Å²) in [6, 6.07) is 10.4. The molecule has 1 aromatic heterocycles. The number of rotatable bonds is 6. The lowest BCUT2D eigenvalue weighted by atomic mass is 9.92. The third kappa shape index (κ3) is 4.85. The minimum atomic E-state index is -0.947. The van der Waals surface area contributed by atoms with E-state index in [1.807, 2.05) is 19.9 Å². The molecule has 0 saturated heterocycles. The number of nitrogens with one attached hydrogen (secondary N) is 1. The zero-order valence-corrected chi connectivity index (χ0v) is 20.4. The maximum atomic E-state index is 13.6. The molecule has 1 saturated carbocycles. The number of carbonyl (C=O) groups is 2. The van der Waals surface area contributed by atoms with Crippen molar-refractivity contribution in [2.75, 3.05) is 6.54 Å². The van der Waals surface area contributed by atoms with Gasteiger partial charge in [-0.3, -0.25) is 14.3 Å². The van der Waals surface area contributed by atoms with Crippen LogP contribution < -0.4 is 5.32 Å². The molecule has 1 aliphatic carbocycles. The van der Waals surface area contributed by atoms with E-state index in [0.717, 1.165) is 49.8 Å². The summed E-state index contributed by atoms with van der Waals surface area (Å²) >= 11 is 0. The Balaban J connectivity index is 1.60. The van der Waals surface area contributed by atoms with Crippen LogP contribution in [0.15, 0.2) is 30.3 Å². The van der Waals surface area contributed by atoms with E-state index in [9.17, 15) is 9.59 Å². The van der Waals surface area contributed by atoms with Crippen LogP contribution in [0, 0.1) is 0 Å². The van der Waals surface area contributed by atoms with Crippen molar-refractivity contribution in [3.63, 3.8) is 0 Å². The SMILES string of the molecule is CCCN1C(=O)c2cc(-c3ccc(CC)cc3)nn2CC1(C)C(=O)NC1CCCCCCC1. The lowest BCUT2D eigenvalue weighted by Gasteiger charge is -2.43. The molecular formula is C27H38N4O2. The second-order valence-corrected chi connectivity index (χ2v) is 9.87. The van der Waals surface area contributed by atoms with Crippen LogP contribution in [0.3, 0.4) is 0 Å². The fraction of sp³-hybridized carbons (Fsp3) is 0.593.